The van der Waals surface area contributed by atoms with Gasteiger partial charge >= 0.3 is 58.4 Å². The van der Waals surface area contributed by atoms with Crippen LogP contribution >= 0.6 is 0 Å². The summed E-state index contributed by atoms with van der Waals surface area (Å²) in [5, 5.41) is 0. The largest absolute Gasteiger partial charge is 1.00 e. The van der Waals surface area contributed by atoms with Crippen molar-refractivity contribution >= 4 is 6.98 Å². The molecule has 0 amide bonds. The summed E-state index contributed by atoms with van der Waals surface area (Å²) >= 11 is 0. The molecule has 1 aromatic rings. The summed E-state index contributed by atoms with van der Waals surface area (Å²) in [4.78, 5) is 7.81. The SMILES string of the molecule is F[B-](F)(F)Cc1cnc(C2COC2)nc1.[K+]. The Kier molecular flexibility index (Phi) is 5.40. The van der Waals surface area contributed by atoms with Crippen LogP contribution in [0.2, 0.25) is 0 Å². The molecule has 8 heteroatoms. The summed E-state index contributed by atoms with van der Waals surface area (Å²) in [5.41, 5.74) is 0.117. The molecule has 2 rings (SSSR count). The maximum Gasteiger partial charge on any atom is 1.00 e. The topological polar surface area (TPSA) is 35.0 Å². The normalized spacial score (nSPS) is 16.4. The third-order valence-electron chi connectivity index (χ3n) is 2.20. The van der Waals surface area contributed by atoms with Crippen LogP contribution in [0.1, 0.15) is 17.3 Å². The fraction of sp³-hybridized carbons (Fsp3) is 0.500. The van der Waals surface area contributed by atoms with Gasteiger partial charge < -0.3 is 17.7 Å². The van der Waals surface area contributed by atoms with E-state index in [1.165, 1.54) is 12.4 Å². The van der Waals surface area contributed by atoms with Crippen LogP contribution in [0.25, 0.3) is 0 Å². The predicted octanol–water partition coefficient (Wildman–Crippen LogP) is -1.48. The zero-order chi connectivity index (χ0) is 10.9. The summed E-state index contributed by atoms with van der Waals surface area (Å²) in [5.74, 6) is 0.718. The number of aromatic nitrogens is 2. The second-order valence-corrected chi connectivity index (χ2v) is 3.60. The Morgan fingerprint density at radius 3 is 2.19 bits per heavy atom. The smallest absolute Gasteiger partial charge is 0.449 e. The summed E-state index contributed by atoms with van der Waals surface area (Å²) in [6.45, 7) is -3.69. The van der Waals surface area contributed by atoms with E-state index in [1.54, 1.807) is 0 Å². The van der Waals surface area contributed by atoms with E-state index >= 15 is 0 Å². The van der Waals surface area contributed by atoms with Gasteiger partial charge in [-0.2, -0.15) is 0 Å². The monoisotopic (exact) mass is 256 g/mol. The number of hydrogen-bond acceptors (Lipinski definition) is 3. The van der Waals surface area contributed by atoms with Crippen LogP contribution in [0.4, 0.5) is 12.9 Å². The first-order chi connectivity index (χ1) is 7.04. The van der Waals surface area contributed by atoms with Gasteiger partial charge in [-0.1, -0.05) is 6.32 Å². The van der Waals surface area contributed by atoms with Crippen LogP contribution in [0.5, 0.6) is 0 Å². The van der Waals surface area contributed by atoms with E-state index in [2.05, 4.69) is 9.97 Å². The predicted molar refractivity (Wildman–Crippen MR) is 48.4 cm³/mol. The number of rotatable bonds is 3. The molecular formula is C8H9BF3KN2O. The van der Waals surface area contributed by atoms with E-state index < -0.39 is 13.3 Å². The Balaban J connectivity index is 0.00000128. The molecule has 1 saturated heterocycles. The van der Waals surface area contributed by atoms with E-state index in [0.29, 0.717) is 19.0 Å². The van der Waals surface area contributed by atoms with Gasteiger partial charge in [0, 0.05) is 12.4 Å². The average molecular weight is 256 g/mol. The van der Waals surface area contributed by atoms with Gasteiger partial charge in [0.25, 0.3) is 0 Å². The minimum Gasteiger partial charge on any atom is -0.449 e. The van der Waals surface area contributed by atoms with Crippen LogP contribution in [-0.4, -0.2) is 30.2 Å². The molecule has 0 atom stereocenters. The number of hydrogen-bond donors (Lipinski definition) is 0. The van der Waals surface area contributed by atoms with Gasteiger partial charge in [0.1, 0.15) is 5.82 Å². The maximum absolute atomic E-state index is 12.1. The van der Waals surface area contributed by atoms with Crippen molar-refractivity contribution in [3.8, 4) is 0 Å². The third kappa shape index (κ3) is 4.08. The fourth-order valence-corrected chi connectivity index (χ4v) is 1.33. The molecule has 0 saturated carbocycles. The summed E-state index contributed by atoms with van der Waals surface area (Å²) < 4.78 is 41.1. The molecule has 82 valence electrons. The van der Waals surface area contributed by atoms with Crippen LogP contribution in [0.15, 0.2) is 12.4 Å². The van der Waals surface area contributed by atoms with E-state index in [0.717, 1.165) is 0 Å². The molecule has 16 heavy (non-hydrogen) atoms. The van der Waals surface area contributed by atoms with Crippen molar-refractivity contribution in [3.63, 3.8) is 0 Å². The van der Waals surface area contributed by atoms with Gasteiger partial charge in [0.05, 0.1) is 19.1 Å². The van der Waals surface area contributed by atoms with E-state index in [-0.39, 0.29) is 62.9 Å². The molecule has 0 aromatic carbocycles. The quantitative estimate of drug-likeness (QED) is 0.619. The fourth-order valence-electron chi connectivity index (χ4n) is 1.33. The van der Waals surface area contributed by atoms with Crippen molar-refractivity contribution in [1.82, 2.24) is 9.97 Å². The second kappa shape index (κ2) is 5.92. The minimum absolute atomic E-state index is 0. The van der Waals surface area contributed by atoms with Crippen LogP contribution in [0, 0.1) is 0 Å². The molecule has 0 bridgehead atoms. The molecular weight excluding hydrogens is 247 g/mol. The van der Waals surface area contributed by atoms with Crippen LogP contribution in [-0.2, 0) is 11.1 Å². The van der Waals surface area contributed by atoms with E-state index in [4.69, 9.17) is 4.74 Å². The van der Waals surface area contributed by atoms with Crippen molar-refractivity contribution in [1.29, 1.82) is 0 Å². The minimum atomic E-state index is -4.81. The standard InChI is InChI=1S/C8H9BF3N2O.K/c10-9(11,12)1-6-2-13-8(14-3-6)7-4-15-5-7;/h2-3,7H,1,4-5H2;/q-1;+1. The first kappa shape index (κ1) is 14.6. The van der Waals surface area contributed by atoms with Crippen molar-refractivity contribution in [2.24, 2.45) is 0 Å². The van der Waals surface area contributed by atoms with Gasteiger partial charge in [-0.3, -0.25) is 0 Å². The van der Waals surface area contributed by atoms with Crippen molar-refractivity contribution in [2.45, 2.75) is 12.2 Å². The third-order valence-corrected chi connectivity index (χ3v) is 2.20. The van der Waals surface area contributed by atoms with Crippen molar-refractivity contribution in [3.05, 3.63) is 23.8 Å². The molecule has 0 unspecified atom stereocenters. The first-order valence-electron chi connectivity index (χ1n) is 4.64. The van der Waals surface area contributed by atoms with Crippen molar-refractivity contribution in [2.75, 3.05) is 13.2 Å². The summed E-state index contributed by atoms with van der Waals surface area (Å²) in [6, 6.07) is 0. The Morgan fingerprint density at radius 1 is 1.25 bits per heavy atom. The van der Waals surface area contributed by atoms with Crippen LogP contribution < -0.4 is 51.4 Å². The van der Waals surface area contributed by atoms with Crippen molar-refractivity contribution < 1.29 is 69.1 Å². The molecule has 1 aliphatic heterocycles. The Labute approximate surface area is 134 Å². The molecule has 3 nitrogen and oxygen atoms in total. The summed E-state index contributed by atoms with van der Waals surface area (Å²) in [6.07, 6.45) is 1.58. The van der Waals surface area contributed by atoms with Gasteiger partial charge in [-0.25, -0.2) is 9.97 Å². The average Bonchev–Trinajstić information content (AvgIpc) is 2.02. The molecule has 0 spiro atoms. The van der Waals surface area contributed by atoms with E-state index in [1.807, 2.05) is 0 Å². The molecule has 0 aliphatic carbocycles. The maximum atomic E-state index is 12.1. The van der Waals surface area contributed by atoms with Gasteiger partial charge in [-0.05, 0) is 5.56 Å². The summed E-state index contributed by atoms with van der Waals surface area (Å²) in [7, 11) is 0. The number of ether oxygens (including phenoxy) is 1. The van der Waals surface area contributed by atoms with E-state index in [9.17, 15) is 12.9 Å². The molecule has 0 N–H and O–H groups in total. The molecule has 0 radical (unpaired) electrons. The van der Waals surface area contributed by atoms with Gasteiger partial charge in [-0.15, -0.1) is 0 Å². The molecule has 1 fully saturated rings. The Bertz CT molecular complexity index is 342. The Morgan fingerprint density at radius 2 is 1.81 bits per heavy atom. The zero-order valence-corrected chi connectivity index (χ0v) is 12.0. The zero-order valence-electron chi connectivity index (χ0n) is 8.87. The van der Waals surface area contributed by atoms with Gasteiger partial charge in [0.15, 0.2) is 0 Å². The van der Waals surface area contributed by atoms with Gasteiger partial charge in [0.2, 0.25) is 0 Å². The second-order valence-electron chi connectivity index (χ2n) is 3.60. The first-order valence-corrected chi connectivity index (χ1v) is 4.64. The molecule has 2 heterocycles. The Hall–Kier alpha value is 0.531. The molecule has 1 aliphatic rings. The number of nitrogens with zero attached hydrogens (tertiary/aromatic N) is 2. The van der Waals surface area contributed by atoms with Crippen LogP contribution in [0.3, 0.4) is 0 Å². The number of halogens is 3. The molecule has 1 aromatic heterocycles.